The zero-order chi connectivity index (χ0) is 16.2. The highest BCUT2D eigenvalue weighted by Crippen LogP contribution is 2.47. The van der Waals surface area contributed by atoms with E-state index in [-0.39, 0.29) is 5.54 Å². The fourth-order valence-corrected chi connectivity index (χ4v) is 3.55. The molecule has 0 aliphatic carbocycles. The Kier molecular flexibility index (Phi) is 3.10. The molecule has 2 aliphatic heterocycles. The SMILES string of the molecule is COc1ccc(Cl)cc1-c1ccc2c3c1COC3=CC(C)(C)N2. The first-order valence-electron chi connectivity index (χ1n) is 7.62. The van der Waals surface area contributed by atoms with Gasteiger partial charge < -0.3 is 14.8 Å². The lowest BCUT2D eigenvalue weighted by Crippen LogP contribution is -2.31. The van der Waals surface area contributed by atoms with Crippen LogP contribution >= 0.6 is 11.6 Å². The van der Waals surface area contributed by atoms with Crippen LogP contribution in [0.1, 0.15) is 25.0 Å². The van der Waals surface area contributed by atoms with Crippen LogP contribution in [0.25, 0.3) is 16.9 Å². The number of hydrogen-bond donors (Lipinski definition) is 1. The minimum absolute atomic E-state index is 0.112. The highest BCUT2D eigenvalue weighted by atomic mass is 35.5. The molecule has 4 heteroatoms. The molecule has 118 valence electrons. The van der Waals surface area contributed by atoms with Gasteiger partial charge in [0, 0.05) is 27.4 Å². The van der Waals surface area contributed by atoms with E-state index in [1.807, 2.05) is 18.2 Å². The average Bonchev–Trinajstić information content (AvgIpc) is 2.91. The number of benzene rings is 2. The van der Waals surface area contributed by atoms with Gasteiger partial charge in [-0.15, -0.1) is 0 Å². The molecule has 0 radical (unpaired) electrons. The zero-order valence-corrected chi connectivity index (χ0v) is 14.1. The van der Waals surface area contributed by atoms with Crippen molar-refractivity contribution in [2.24, 2.45) is 0 Å². The van der Waals surface area contributed by atoms with Crippen LogP contribution in [0.15, 0.2) is 36.4 Å². The second-order valence-electron chi connectivity index (χ2n) is 6.50. The van der Waals surface area contributed by atoms with Crippen molar-refractivity contribution >= 4 is 23.0 Å². The van der Waals surface area contributed by atoms with E-state index in [4.69, 9.17) is 21.1 Å². The molecule has 0 saturated heterocycles. The average molecular weight is 328 g/mol. The summed E-state index contributed by atoms with van der Waals surface area (Å²) in [5.41, 5.74) is 5.44. The molecule has 2 heterocycles. The molecule has 0 saturated carbocycles. The van der Waals surface area contributed by atoms with Crippen LogP contribution in [0.3, 0.4) is 0 Å². The van der Waals surface area contributed by atoms with Gasteiger partial charge in [0.2, 0.25) is 0 Å². The van der Waals surface area contributed by atoms with Crippen molar-refractivity contribution in [3.05, 3.63) is 52.6 Å². The molecule has 1 N–H and O–H groups in total. The van der Waals surface area contributed by atoms with E-state index in [9.17, 15) is 0 Å². The maximum atomic E-state index is 6.20. The van der Waals surface area contributed by atoms with Gasteiger partial charge in [-0.1, -0.05) is 17.7 Å². The molecule has 2 aromatic carbocycles. The number of hydrogen-bond acceptors (Lipinski definition) is 3. The summed E-state index contributed by atoms with van der Waals surface area (Å²) in [5.74, 6) is 1.77. The molecule has 0 bridgehead atoms. The molecule has 23 heavy (non-hydrogen) atoms. The van der Waals surface area contributed by atoms with Gasteiger partial charge in [0.15, 0.2) is 0 Å². The van der Waals surface area contributed by atoms with Crippen LogP contribution in [0, 0.1) is 0 Å². The third-order valence-corrected chi connectivity index (χ3v) is 4.57. The molecule has 3 nitrogen and oxygen atoms in total. The second-order valence-corrected chi connectivity index (χ2v) is 6.94. The molecule has 0 fully saturated rings. The standard InChI is InChI=1S/C19H18ClNO2/c1-19(2)9-17-18-14(10-23-17)12(5-6-15(18)21-19)13-8-11(20)4-7-16(13)22-3/h4-9,21H,10H2,1-3H3. The van der Waals surface area contributed by atoms with E-state index in [1.165, 1.54) is 5.56 Å². The Morgan fingerprint density at radius 3 is 2.78 bits per heavy atom. The minimum atomic E-state index is -0.112. The van der Waals surface area contributed by atoms with Crippen LogP contribution in [0.5, 0.6) is 5.75 Å². The number of methoxy groups -OCH3 is 1. The van der Waals surface area contributed by atoms with Gasteiger partial charge in [-0.2, -0.15) is 0 Å². The summed E-state index contributed by atoms with van der Waals surface area (Å²) in [6, 6.07) is 9.91. The summed E-state index contributed by atoms with van der Waals surface area (Å²) in [5, 5.41) is 4.25. The highest BCUT2D eigenvalue weighted by molar-refractivity contribution is 6.31. The Hall–Kier alpha value is -2.13. The molecule has 0 unspecified atom stereocenters. The minimum Gasteiger partial charge on any atom is -0.496 e. The van der Waals surface area contributed by atoms with Crippen LogP contribution in [-0.4, -0.2) is 12.6 Å². The van der Waals surface area contributed by atoms with Gasteiger partial charge in [0.05, 0.1) is 12.6 Å². The maximum absolute atomic E-state index is 6.20. The van der Waals surface area contributed by atoms with E-state index in [2.05, 4.69) is 37.4 Å². The van der Waals surface area contributed by atoms with E-state index in [1.54, 1.807) is 7.11 Å². The van der Waals surface area contributed by atoms with E-state index in [0.717, 1.165) is 33.9 Å². The van der Waals surface area contributed by atoms with Crippen molar-refractivity contribution < 1.29 is 9.47 Å². The molecule has 4 rings (SSSR count). The molecule has 0 aromatic heterocycles. The lowest BCUT2D eigenvalue weighted by Gasteiger charge is -2.30. The first-order valence-corrected chi connectivity index (χ1v) is 8.00. The van der Waals surface area contributed by atoms with Gasteiger partial charge in [0.25, 0.3) is 0 Å². The molecule has 0 spiro atoms. The van der Waals surface area contributed by atoms with Gasteiger partial charge in [-0.05, 0) is 49.8 Å². The quantitative estimate of drug-likeness (QED) is 0.833. The third-order valence-electron chi connectivity index (χ3n) is 4.33. The third kappa shape index (κ3) is 2.27. The fourth-order valence-electron chi connectivity index (χ4n) is 3.37. The summed E-state index contributed by atoms with van der Waals surface area (Å²) in [7, 11) is 1.68. The highest BCUT2D eigenvalue weighted by Gasteiger charge is 2.33. The first kappa shape index (κ1) is 14.5. The fraction of sp³-hybridized carbons (Fsp3) is 0.263. The van der Waals surface area contributed by atoms with Gasteiger partial charge in [-0.3, -0.25) is 0 Å². The monoisotopic (exact) mass is 327 g/mol. The number of anilines is 1. The lowest BCUT2D eigenvalue weighted by molar-refractivity contribution is 0.283. The molecular weight excluding hydrogens is 310 g/mol. The van der Waals surface area contributed by atoms with Gasteiger partial charge in [-0.25, -0.2) is 0 Å². The Balaban J connectivity index is 1.94. The van der Waals surface area contributed by atoms with E-state index < -0.39 is 0 Å². The second kappa shape index (κ2) is 4.93. The maximum Gasteiger partial charge on any atom is 0.127 e. The van der Waals surface area contributed by atoms with Crippen molar-refractivity contribution in [2.75, 3.05) is 12.4 Å². The molecule has 2 aromatic rings. The van der Waals surface area contributed by atoms with Crippen LogP contribution in [0.2, 0.25) is 5.02 Å². The smallest absolute Gasteiger partial charge is 0.127 e. The normalized spacial score (nSPS) is 17.0. The summed E-state index contributed by atoms with van der Waals surface area (Å²) >= 11 is 6.20. The van der Waals surface area contributed by atoms with Crippen molar-refractivity contribution in [1.82, 2.24) is 0 Å². The number of nitrogens with one attached hydrogen (secondary N) is 1. The largest absolute Gasteiger partial charge is 0.496 e. The molecule has 0 amide bonds. The lowest BCUT2D eigenvalue weighted by atomic mass is 9.89. The first-order chi connectivity index (χ1) is 11.0. The Bertz CT molecular complexity index is 840. The van der Waals surface area contributed by atoms with Gasteiger partial charge in [0.1, 0.15) is 18.1 Å². The van der Waals surface area contributed by atoms with Crippen molar-refractivity contribution in [3.63, 3.8) is 0 Å². The van der Waals surface area contributed by atoms with Gasteiger partial charge >= 0.3 is 0 Å². The van der Waals surface area contributed by atoms with Crippen molar-refractivity contribution in [1.29, 1.82) is 0 Å². The Labute approximate surface area is 140 Å². The van der Waals surface area contributed by atoms with E-state index >= 15 is 0 Å². The number of ether oxygens (including phenoxy) is 2. The van der Waals surface area contributed by atoms with Crippen LogP contribution in [-0.2, 0) is 11.3 Å². The van der Waals surface area contributed by atoms with Crippen LogP contribution < -0.4 is 10.1 Å². The summed E-state index contributed by atoms with van der Waals surface area (Å²) in [6.07, 6.45) is 2.14. The number of rotatable bonds is 2. The predicted molar refractivity (Wildman–Crippen MR) is 93.9 cm³/mol. The molecule has 0 atom stereocenters. The predicted octanol–water partition coefficient (Wildman–Crippen LogP) is 5.09. The Morgan fingerprint density at radius 1 is 1.17 bits per heavy atom. The molecular formula is C19H18ClNO2. The Morgan fingerprint density at radius 2 is 2.00 bits per heavy atom. The van der Waals surface area contributed by atoms with Crippen molar-refractivity contribution in [3.8, 4) is 16.9 Å². The summed E-state index contributed by atoms with van der Waals surface area (Å²) < 4.78 is 11.5. The summed E-state index contributed by atoms with van der Waals surface area (Å²) in [4.78, 5) is 0. The van der Waals surface area contributed by atoms with E-state index in [0.29, 0.717) is 11.6 Å². The molecule has 2 aliphatic rings. The topological polar surface area (TPSA) is 30.5 Å². The van der Waals surface area contributed by atoms with Crippen molar-refractivity contribution in [2.45, 2.75) is 26.0 Å². The number of halogens is 1. The zero-order valence-electron chi connectivity index (χ0n) is 13.4. The van der Waals surface area contributed by atoms with Crippen LogP contribution in [0.4, 0.5) is 5.69 Å². The summed E-state index contributed by atoms with van der Waals surface area (Å²) in [6.45, 7) is 4.84.